The van der Waals surface area contributed by atoms with Gasteiger partial charge < -0.3 is 20.1 Å². The Labute approximate surface area is 166 Å². The van der Waals surface area contributed by atoms with Gasteiger partial charge in [0.2, 0.25) is 6.79 Å². The van der Waals surface area contributed by atoms with Crippen LogP contribution in [0.4, 0.5) is 0 Å². The minimum atomic E-state index is 0.291. The summed E-state index contributed by atoms with van der Waals surface area (Å²) in [5.41, 5.74) is 3.72. The van der Waals surface area contributed by atoms with Crippen molar-refractivity contribution in [3.63, 3.8) is 0 Å². The standard InChI is InChI=1S/C21H27N3O2S/c1-3-24(4-2)14-18-8-6-5-7-17(18)13-23-21(27)22-12-16-9-10-19-20(11-16)26-15-25-19/h5-11H,3-4,12-15H2,1-2H3,(H2,22,23,27). The van der Waals surface area contributed by atoms with Gasteiger partial charge in [-0.3, -0.25) is 4.90 Å². The number of ether oxygens (including phenoxy) is 2. The van der Waals surface area contributed by atoms with Gasteiger partial charge in [0, 0.05) is 19.6 Å². The maximum absolute atomic E-state index is 5.44. The Balaban J connectivity index is 1.50. The van der Waals surface area contributed by atoms with Crippen LogP contribution >= 0.6 is 12.2 Å². The topological polar surface area (TPSA) is 45.8 Å². The lowest BCUT2D eigenvalue weighted by molar-refractivity contribution is 0.174. The van der Waals surface area contributed by atoms with Gasteiger partial charge in [0.25, 0.3) is 0 Å². The van der Waals surface area contributed by atoms with E-state index in [0.717, 1.165) is 36.7 Å². The number of nitrogens with one attached hydrogen (secondary N) is 2. The molecule has 0 fully saturated rings. The van der Waals surface area contributed by atoms with Crippen LogP contribution in [-0.4, -0.2) is 29.9 Å². The summed E-state index contributed by atoms with van der Waals surface area (Å²) in [6.45, 7) is 9.09. The number of hydrogen-bond acceptors (Lipinski definition) is 4. The number of hydrogen-bond donors (Lipinski definition) is 2. The lowest BCUT2D eigenvalue weighted by atomic mass is 10.1. The van der Waals surface area contributed by atoms with E-state index in [1.54, 1.807) is 0 Å². The lowest BCUT2D eigenvalue weighted by Gasteiger charge is -2.20. The summed E-state index contributed by atoms with van der Waals surface area (Å²) >= 11 is 5.44. The van der Waals surface area contributed by atoms with Crippen molar-refractivity contribution in [3.05, 3.63) is 59.2 Å². The normalized spacial score (nSPS) is 12.3. The van der Waals surface area contributed by atoms with Crippen LogP contribution < -0.4 is 20.1 Å². The van der Waals surface area contributed by atoms with Crippen LogP contribution in [0.25, 0.3) is 0 Å². The lowest BCUT2D eigenvalue weighted by Crippen LogP contribution is -2.34. The summed E-state index contributed by atoms with van der Waals surface area (Å²) in [6.07, 6.45) is 0. The van der Waals surface area contributed by atoms with Crippen molar-refractivity contribution in [2.75, 3.05) is 19.9 Å². The fourth-order valence-corrected chi connectivity index (χ4v) is 3.19. The van der Waals surface area contributed by atoms with Crippen molar-refractivity contribution in [1.29, 1.82) is 0 Å². The second-order valence-corrected chi connectivity index (χ2v) is 6.86. The van der Waals surface area contributed by atoms with E-state index in [1.165, 1.54) is 11.1 Å². The molecule has 0 aliphatic carbocycles. The maximum atomic E-state index is 5.44. The zero-order chi connectivity index (χ0) is 19.1. The molecule has 144 valence electrons. The molecule has 5 nitrogen and oxygen atoms in total. The Kier molecular flexibility index (Phi) is 6.90. The third-order valence-electron chi connectivity index (χ3n) is 4.74. The Hall–Kier alpha value is -2.31. The largest absolute Gasteiger partial charge is 0.454 e. The van der Waals surface area contributed by atoms with Gasteiger partial charge in [0.15, 0.2) is 16.6 Å². The van der Waals surface area contributed by atoms with Crippen molar-refractivity contribution < 1.29 is 9.47 Å². The average molecular weight is 386 g/mol. The predicted molar refractivity (Wildman–Crippen MR) is 112 cm³/mol. The average Bonchev–Trinajstić information content (AvgIpc) is 3.17. The summed E-state index contributed by atoms with van der Waals surface area (Å²) in [5, 5.41) is 7.22. The van der Waals surface area contributed by atoms with E-state index in [9.17, 15) is 0 Å². The van der Waals surface area contributed by atoms with Crippen LogP contribution in [0, 0.1) is 0 Å². The van der Waals surface area contributed by atoms with Gasteiger partial charge >= 0.3 is 0 Å². The molecule has 2 N–H and O–H groups in total. The first-order valence-electron chi connectivity index (χ1n) is 9.39. The first kappa shape index (κ1) is 19.5. The minimum Gasteiger partial charge on any atom is -0.454 e. The number of rotatable bonds is 8. The van der Waals surface area contributed by atoms with Gasteiger partial charge in [-0.15, -0.1) is 0 Å². The molecule has 1 aliphatic rings. The number of benzene rings is 2. The molecule has 27 heavy (non-hydrogen) atoms. The summed E-state index contributed by atoms with van der Waals surface area (Å²) in [6, 6.07) is 14.5. The Bertz CT molecular complexity index is 778. The fourth-order valence-electron chi connectivity index (χ4n) is 3.04. The van der Waals surface area contributed by atoms with E-state index in [4.69, 9.17) is 21.7 Å². The van der Waals surface area contributed by atoms with Crippen molar-refractivity contribution in [1.82, 2.24) is 15.5 Å². The van der Waals surface area contributed by atoms with Crippen molar-refractivity contribution >= 4 is 17.3 Å². The van der Waals surface area contributed by atoms with Gasteiger partial charge in [0.1, 0.15) is 0 Å². The van der Waals surface area contributed by atoms with Crippen LogP contribution in [0.1, 0.15) is 30.5 Å². The summed E-state index contributed by atoms with van der Waals surface area (Å²) < 4.78 is 10.7. The molecule has 0 saturated carbocycles. The first-order chi connectivity index (χ1) is 13.2. The highest BCUT2D eigenvalue weighted by Gasteiger charge is 2.13. The highest BCUT2D eigenvalue weighted by Crippen LogP contribution is 2.32. The Morgan fingerprint density at radius 3 is 2.44 bits per heavy atom. The van der Waals surface area contributed by atoms with Crippen LogP contribution in [-0.2, 0) is 19.6 Å². The molecule has 2 aromatic carbocycles. The van der Waals surface area contributed by atoms with E-state index in [0.29, 0.717) is 25.0 Å². The second kappa shape index (κ2) is 9.58. The molecule has 3 rings (SSSR count). The molecular weight excluding hydrogens is 358 g/mol. The van der Waals surface area contributed by atoms with Crippen LogP contribution in [0.5, 0.6) is 11.5 Å². The maximum Gasteiger partial charge on any atom is 0.231 e. The highest BCUT2D eigenvalue weighted by molar-refractivity contribution is 7.80. The second-order valence-electron chi connectivity index (χ2n) is 6.45. The van der Waals surface area contributed by atoms with E-state index < -0.39 is 0 Å². The highest BCUT2D eigenvalue weighted by atomic mass is 32.1. The molecule has 0 unspecified atom stereocenters. The van der Waals surface area contributed by atoms with Crippen LogP contribution in [0.2, 0.25) is 0 Å². The molecule has 0 spiro atoms. The fraction of sp³-hybridized carbons (Fsp3) is 0.381. The Morgan fingerprint density at radius 2 is 1.67 bits per heavy atom. The SMILES string of the molecule is CCN(CC)Cc1ccccc1CNC(=S)NCc1ccc2c(c1)OCO2. The predicted octanol–water partition coefficient (Wildman–Crippen LogP) is 3.42. The van der Waals surface area contributed by atoms with E-state index in [2.05, 4.69) is 53.6 Å². The quantitative estimate of drug-likeness (QED) is 0.679. The number of nitrogens with zero attached hydrogens (tertiary/aromatic N) is 1. The third-order valence-corrected chi connectivity index (χ3v) is 5.02. The van der Waals surface area contributed by atoms with Crippen molar-refractivity contribution in [3.8, 4) is 11.5 Å². The van der Waals surface area contributed by atoms with Gasteiger partial charge in [-0.25, -0.2) is 0 Å². The minimum absolute atomic E-state index is 0.291. The molecule has 2 aromatic rings. The number of thiocarbonyl (C=S) groups is 1. The van der Waals surface area contributed by atoms with Crippen LogP contribution in [0.3, 0.4) is 0 Å². The summed E-state index contributed by atoms with van der Waals surface area (Å²) in [5.74, 6) is 1.59. The molecule has 1 heterocycles. The van der Waals surface area contributed by atoms with Gasteiger partial charge in [0.05, 0.1) is 0 Å². The van der Waals surface area contributed by atoms with E-state index >= 15 is 0 Å². The molecule has 0 bridgehead atoms. The number of fused-ring (bicyclic) bond motifs is 1. The van der Waals surface area contributed by atoms with Crippen LogP contribution in [0.15, 0.2) is 42.5 Å². The first-order valence-corrected chi connectivity index (χ1v) is 9.79. The Morgan fingerprint density at radius 1 is 0.963 bits per heavy atom. The summed E-state index contributed by atoms with van der Waals surface area (Å²) in [4.78, 5) is 2.41. The molecule has 0 amide bonds. The molecule has 0 aromatic heterocycles. The smallest absolute Gasteiger partial charge is 0.231 e. The van der Waals surface area contributed by atoms with E-state index in [1.807, 2.05) is 18.2 Å². The molecule has 0 saturated heterocycles. The van der Waals surface area contributed by atoms with Gasteiger partial charge in [-0.1, -0.05) is 44.2 Å². The van der Waals surface area contributed by atoms with E-state index in [-0.39, 0.29) is 0 Å². The molecule has 1 aliphatic heterocycles. The van der Waals surface area contributed by atoms with Gasteiger partial charge in [-0.2, -0.15) is 0 Å². The zero-order valence-corrected chi connectivity index (χ0v) is 16.8. The molecular formula is C21H27N3O2S. The van der Waals surface area contributed by atoms with Crippen molar-refractivity contribution in [2.24, 2.45) is 0 Å². The summed E-state index contributed by atoms with van der Waals surface area (Å²) in [7, 11) is 0. The molecule has 6 heteroatoms. The monoisotopic (exact) mass is 385 g/mol. The molecule has 0 radical (unpaired) electrons. The van der Waals surface area contributed by atoms with Crippen molar-refractivity contribution in [2.45, 2.75) is 33.5 Å². The third kappa shape index (κ3) is 5.34. The molecule has 0 atom stereocenters. The van der Waals surface area contributed by atoms with Gasteiger partial charge in [-0.05, 0) is 54.1 Å². The zero-order valence-electron chi connectivity index (χ0n) is 16.0.